The van der Waals surface area contributed by atoms with E-state index in [1.54, 1.807) is 6.07 Å². The van der Waals surface area contributed by atoms with Gasteiger partial charge in [0, 0.05) is 17.4 Å². The van der Waals surface area contributed by atoms with Crippen molar-refractivity contribution in [2.45, 2.75) is 44.5 Å². The maximum atomic E-state index is 12.7. The van der Waals surface area contributed by atoms with Gasteiger partial charge in [-0.25, -0.2) is 0 Å². The van der Waals surface area contributed by atoms with E-state index < -0.39 is 27.4 Å². The number of amides is 2. The van der Waals surface area contributed by atoms with Crippen LogP contribution < -0.4 is 0 Å². The molecule has 164 valence electrons. The SMILES string of the molecule is CCCCCCC#Cc1ccc2c3c(cccc13)C(=O)N(OS(=O)(=O)C(F)(F)F)C2=O. The Balaban J connectivity index is 1.98. The fourth-order valence-electron chi connectivity index (χ4n) is 3.19. The molecule has 0 radical (unpaired) electrons. The molecule has 0 atom stereocenters. The number of carbonyl (C=O) groups is 2. The van der Waals surface area contributed by atoms with E-state index in [1.165, 1.54) is 24.3 Å². The van der Waals surface area contributed by atoms with Crippen LogP contribution in [0.2, 0.25) is 0 Å². The van der Waals surface area contributed by atoms with Gasteiger partial charge in [-0.3, -0.25) is 9.59 Å². The predicted octanol–water partition coefficient (Wildman–Crippen LogP) is 4.54. The van der Waals surface area contributed by atoms with Crippen molar-refractivity contribution in [1.82, 2.24) is 5.06 Å². The molecule has 1 aliphatic heterocycles. The Bertz CT molecular complexity index is 1190. The normalized spacial score (nSPS) is 14.0. The molecule has 0 aliphatic carbocycles. The van der Waals surface area contributed by atoms with Crippen molar-refractivity contribution in [3.8, 4) is 11.8 Å². The van der Waals surface area contributed by atoms with Crippen molar-refractivity contribution in [1.29, 1.82) is 0 Å². The summed E-state index contributed by atoms with van der Waals surface area (Å²) in [6, 6.07) is 7.17. The highest BCUT2D eigenvalue weighted by atomic mass is 32.2. The molecule has 0 N–H and O–H groups in total. The number of benzene rings is 2. The maximum Gasteiger partial charge on any atom is 0.525 e. The molecule has 2 aromatic rings. The molecule has 2 aromatic carbocycles. The standard InChI is InChI=1S/C21H18F3NO5S/c1-2-3-4-5-6-7-9-14-12-13-17-18-15(14)10-8-11-16(18)19(26)25(20(17)27)30-31(28,29)21(22,23)24/h8,10-13H,2-6H2,1H3. The lowest BCUT2D eigenvalue weighted by molar-refractivity contribution is -0.0761. The second-order valence-electron chi connectivity index (χ2n) is 6.88. The quantitative estimate of drug-likeness (QED) is 0.278. The summed E-state index contributed by atoms with van der Waals surface area (Å²) >= 11 is 0. The van der Waals surface area contributed by atoms with Gasteiger partial charge in [-0.2, -0.15) is 21.6 Å². The van der Waals surface area contributed by atoms with Crippen LogP contribution in [0.15, 0.2) is 30.3 Å². The second-order valence-corrected chi connectivity index (χ2v) is 8.40. The van der Waals surface area contributed by atoms with E-state index in [-0.39, 0.29) is 21.6 Å². The largest absolute Gasteiger partial charge is 0.525 e. The smallest absolute Gasteiger partial charge is 0.266 e. The van der Waals surface area contributed by atoms with Crippen LogP contribution in [0.4, 0.5) is 13.2 Å². The minimum absolute atomic E-state index is 0.156. The zero-order valence-electron chi connectivity index (χ0n) is 16.5. The van der Waals surface area contributed by atoms with Crippen molar-refractivity contribution in [3.05, 3.63) is 47.0 Å². The van der Waals surface area contributed by atoms with Gasteiger partial charge < -0.3 is 0 Å². The van der Waals surface area contributed by atoms with E-state index in [2.05, 4.69) is 23.0 Å². The first kappa shape index (κ1) is 22.8. The first-order valence-electron chi connectivity index (χ1n) is 9.52. The van der Waals surface area contributed by atoms with Crippen LogP contribution in [0.1, 0.15) is 65.3 Å². The topological polar surface area (TPSA) is 80.8 Å². The Morgan fingerprint density at radius 1 is 1.00 bits per heavy atom. The van der Waals surface area contributed by atoms with Crippen LogP contribution in [0, 0.1) is 11.8 Å². The third-order valence-electron chi connectivity index (χ3n) is 4.70. The van der Waals surface area contributed by atoms with Gasteiger partial charge in [0.1, 0.15) is 0 Å². The first-order valence-corrected chi connectivity index (χ1v) is 10.9. The molecule has 0 saturated carbocycles. The van der Waals surface area contributed by atoms with Crippen molar-refractivity contribution < 1.29 is 35.5 Å². The number of unbranched alkanes of at least 4 members (excludes halogenated alkanes) is 4. The number of carbonyl (C=O) groups excluding carboxylic acids is 2. The van der Waals surface area contributed by atoms with E-state index >= 15 is 0 Å². The lowest BCUT2D eigenvalue weighted by Gasteiger charge is -2.25. The third kappa shape index (κ3) is 4.43. The number of nitrogens with zero attached hydrogens (tertiary/aromatic N) is 1. The number of rotatable bonds is 6. The second kappa shape index (κ2) is 8.69. The summed E-state index contributed by atoms with van der Waals surface area (Å²) in [5.41, 5.74) is -5.56. The highest BCUT2D eigenvalue weighted by Crippen LogP contribution is 2.34. The molecule has 2 amide bonds. The van der Waals surface area contributed by atoms with Gasteiger partial charge in [0.05, 0.1) is 11.1 Å². The minimum Gasteiger partial charge on any atom is -0.266 e. The summed E-state index contributed by atoms with van der Waals surface area (Å²) in [5, 5.41) is 0.287. The number of hydrogen-bond acceptors (Lipinski definition) is 5. The Morgan fingerprint density at radius 3 is 2.32 bits per heavy atom. The van der Waals surface area contributed by atoms with E-state index in [1.807, 2.05) is 0 Å². The van der Waals surface area contributed by atoms with Gasteiger partial charge in [-0.05, 0) is 30.0 Å². The van der Waals surface area contributed by atoms with Crippen LogP contribution >= 0.6 is 0 Å². The zero-order valence-corrected chi connectivity index (χ0v) is 17.3. The molecule has 0 saturated heterocycles. The predicted molar refractivity (Wildman–Crippen MR) is 106 cm³/mol. The van der Waals surface area contributed by atoms with Gasteiger partial charge in [0.25, 0.3) is 11.8 Å². The first-order chi connectivity index (χ1) is 14.6. The molecule has 0 spiro atoms. The number of hydrogen-bond donors (Lipinski definition) is 0. The molecule has 1 heterocycles. The van der Waals surface area contributed by atoms with Crippen molar-refractivity contribution in [2.75, 3.05) is 0 Å². The zero-order chi connectivity index (χ0) is 22.8. The monoisotopic (exact) mass is 453 g/mol. The van der Waals surface area contributed by atoms with Gasteiger partial charge in [-0.1, -0.05) is 50.2 Å². The van der Waals surface area contributed by atoms with E-state index in [9.17, 15) is 31.2 Å². The van der Waals surface area contributed by atoms with Gasteiger partial charge in [0.15, 0.2) is 0 Å². The van der Waals surface area contributed by atoms with Crippen LogP contribution in [0.5, 0.6) is 0 Å². The molecule has 31 heavy (non-hydrogen) atoms. The van der Waals surface area contributed by atoms with Crippen LogP contribution in [-0.4, -0.2) is 30.8 Å². The van der Waals surface area contributed by atoms with E-state index in [0.717, 1.165) is 25.7 Å². The van der Waals surface area contributed by atoms with Gasteiger partial charge in [-0.15, -0.1) is 9.35 Å². The van der Waals surface area contributed by atoms with Gasteiger partial charge >= 0.3 is 15.6 Å². The highest BCUT2D eigenvalue weighted by molar-refractivity contribution is 7.87. The summed E-state index contributed by atoms with van der Waals surface area (Å²) in [6.07, 6.45) is 4.91. The minimum atomic E-state index is -6.20. The van der Waals surface area contributed by atoms with Crippen molar-refractivity contribution in [3.63, 3.8) is 0 Å². The molecule has 0 bridgehead atoms. The number of imide groups is 1. The molecule has 10 heteroatoms. The lowest BCUT2D eigenvalue weighted by atomic mass is 9.92. The highest BCUT2D eigenvalue weighted by Gasteiger charge is 2.51. The Kier molecular flexibility index (Phi) is 6.38. The third-order valence-corrected chi connectivity index (χ3v) is 5.62. The van der Waals surface area contributed by atoms with Crippen LogP contribution in [0.3, 0.4) is 0 Å². The number of halogens is 3. The lowest BCUT2D eigenvalue weighted by Crippen LogP contribution is -2.44. The van der Waals surface area contributed by atoms with E-state index in [0.29, 0.717) is 17.4 Å². The average molecular weight is 453 g/mol. The molecule has 0 unspecified atom stereocenters. The van der Waals surface area contributed by atoms with E-state index in [4.69, 9.17) is 0 Å². The molecule has 3 rings (SSSR count). The summed E-state index contributed by atoms with van der Waals surface area (Å²) < 4.78 is 64.5. The molecular formula is C21H18F3NO5S. The average Bonchev–Trinajstić information content (AvgIpc) is 2.71. The van der Waals surface area contributed by atoms with Crippen molar-refractivity contribution in [2.24, 2.45) is 0 Å². The fraction of sp³-hybridized carbons (Fsp3) is 0.333. The van der Waals surface area contributed by atoms with Crippen molar-refractivity contribution >= 4 is 32.7 Å². The Hall–Kier alpha value is -2.90. The maximum absolute atomic E-state index is 12.7. The summed E-state index contributed by atoms with van der Waals surface area (Å²) in [4.78, 5) is 25.2. The van der Waals surface area contributed by atoms with Crippen LogP contribution in [-0.2, 0) is 14.4 Å². The molecule has 0 fully saturated rings. The molecule has 1 aliphatic rings. The molecule has 6 nitrogen and oxygen atoms in total. The summed E-state index contributed by atoms with van der Waals surface area (Å²) in [5.74, 6) is 3.44. The Labute approximate surface area is 177 Å². The van der Waals surface area contributed by atoms with Gasteiger partial charge in [0.2, 0.25) is 0 Å². The number of hydroxylamine groups is 2. The molecular weight excluding hydrogens is 435 g/mol. The summed E-state index contributed by atoms with van der Waals surface area (Å²) in [7, 11) is -6.20. The van der Waals surface area contributed by atoms with Crippen LogP contribution in [0.25, 0.3) is 10.8 Å². The Morgan fingerprint density at radius 2 is 1.68 bits per heavy atom. The fourth-order valence-corrected chi connectivity index (χ4v) is 3.61. The molecule has 0 aromatic heterocycles. The summed E-state index contributed by atoms with van der Waals surface area (Å²) in [6.45, 7) is 2.11. The number of alkyl halides is 3.